The summed E-state index contributed by atoms with van der Waals surface area (Å²) in [6, 6.07) is 10.1. The first-order chi connectivity index (χ1) is 8.97. The molecule has 0 fully saturated rings. The molecule has 4 heteroatoms. The number of hydrogen-bond acceptors (Lipinski definition) is 3. The monoisotopic (exact) mass is 254 g/mol. The van der Waals surface area contributed by atoms with Crippen LogP contribution in [0.4, 0.5) is 11.4 Å². The van der Waals surface area contributed by atoms with Gasteiger partial charge in [-0.3, -0.25) is 10.4 Å². The SMILES string of the molecule is Cc1cc(C)cc(N(C)c2ccnc(C(=N)N)c2)c1. The van der Waals surface area contributed by atoms with Crippen molar-refractivity contribution in [3.05, 3.63) is 53.3 Å². The number of aryl methyl sites for hydroxylation is 2. The highest BCUT2D eigenvalue weighted by atomic mass is 15.1. The van der Waals surface area contributed by atoms with Crippen LogP contribution in [0.1, 0.15) is 16.8 Å². The van der Waals surface area contributed by atoms with E-state index in [1.54, 1.807) is 6.20 Å². The number of anilines is 2. The van der Waals surface area contributed by atoms with Gasteiger partial charge in [0.15, 0.2) is 0 Å². The Hall–Kier alpha value is -2.36. The maximum absolute atomic E-state index is 7.44. The van der Waals surface area contributed by atoms with Crippen LogP contribution in [0.5, 0.6) is 0 Å². The normalized spacial score (nSPS) is 10.3. The summed E-state index contributed by atoms with van der Waals surface area (Å²) < 4.78 is 0. The van der Waals surface area contributed by atoms with E-state index in [2.05, 4.69) is 41.9 Å². The summed E-state index contributed by atoms with van der Waals surface area (Å²) >= 11 is 0. The summed E-state index contributed by atoms with van der Waals surface area (Å²) in [5.74, 6) is -0.0179. The van der Waals surface area contributed by atoms with Crippen molar-refractivity contribution in [1.29, 1.82) is 5.41 Å². The third-order valence-corrected chi connectivity index (χ3v) is 3.00. The van der Waals surface area contributed by atoms with Gasteiger partial charge in [0.05, 0.1) is 0 Å². The lowest BCUT2D eigenvalue weighted by molar-refractivity contribution is 1.16. The van der Waals surface area contributed by atoms with Gasteiger partial charge < -0.3 is 10.6 Å². The molecular weight excluding hydrogens is 236 g/mol. The second kappa shape index (κ2) is 5.10. The van der Waals surface area contributed by atoms with Crippen molar-refractivity contribution in [1.82, 2.24) is 4.98 Å². The molecule has 0 saturated carbocycles. The Bertz CT molecular complexity index is 599. The molecule has 0 radical (unpaired) electrons. The van der Waals surface area contributed by atoms with Crippen LogP contribution in [0.15, 0.2) is 36.5 Å². The van der Waals surface area contributed by atoms with Crippen LogP contribution < -0.4 is 10.6 Å². The molecule has 3 N–H and O–H groups in total. The third kappa shape index (κ3) is 2.91. The molecule has 19 heavy (non-hydrogen) atoms. The molecule has 0 aliphatic rings. The molecule has 0 atom stereocenters. The lowest BCUT2D eigenvalue weighted by Gasteiger charge is -2.21. The van der Waals surface area contributed by atoms with E-state index < -0.39 is 0 Å². The molecule has 0 unspecified atom stereocenters. The van der Waals surface area contributed by atoms with E-state index >= 15 is 0 Å². The zero-order valence-corrected chi connectivity index (χ0v) is 11.4. The average molecular weight is 254 g/mol. The average Bonchev–Trinajstić information content (AvgIpc) is 2.37. The van der Waals surface area contributed by atoms with Gasteiger partial charge in [-0.25, -0.2) is 0 Å². The fourth-order valence-electron chi connectivity index (χ4n) is 2.07. The predicted molar refractivity (Wildman–Crippen MR) is 79.2 cm³/mol. The van der Waals surface area contributed by atoms with Crippen molar-refractivity contribution in [2.75, 3.05) is 11.9 Å². The number of benzene rings is 1. The lowest BCUT2D eigenvalue weighted by atomic mass is 10.1. The molecule has 0 amide bonds. The number of pyridine rings is 1. The van der Waals surface area contributed by atoms with Crippen molar-refractivity contribution < 1.29 is 0 Å². The van der Waals surface area contributed by atoms with Crippen molar-refractivity contribution >= 4 is 17.2 Å². The van der Waals surface area contributed by atoms with Gasteiger partial charge in [-0.1, -0.05) is 6.07 Å². The minimum absolute atomic E-state index is 0.0179. The maximum Gasteiger partial charge on any atom is 0.141 e. The van der Waals surface area contributed by atoms with Crippen LogP contribution >= 0.6 is 0 Å². The summed E-state index contributed by atoms with van der Waals surface area (Å²) in [6.07, 6.45) is 1.67. The standard InChI is InChI=1S/C15H18N4/c1-10-6-11(2)8-13(7-10)19(3)12-4-5-18-14(9-12)15(16)17/h4-9H,1-3H3,(H3,16,17). The predicted octanol–water partition coefficient (Wildman–Crippen LogP) is 2.75. The molecule has 0 spiro atoms. The molecule has 0 aliphatic heterocycles. The molecule has 2 rings (SSSR count). The zero-order chi connectivity index (χ0) is 14.0. The number of nitrogens with one attached hydrogen (secondary N) is 1. The summed E-state index contributed by atoms with van der Waals surface area (Å²) in [6.45, 7) is 4.16. The Kier molecular flexibility index (Phi) is 3.51. The molecule has 2 aromatic rings. The van der Waals surface area contributed by atoms with E-state index in [-0.39, 0.29) is 5.84 Å². The molecule has 0 saturated heterocycles. The quantitative estimate of drug-likeness (QED) is 0.654. The number of nitrogens with two attached hydrogens (primary N) is 1. The highest BCUT2D eigenvalue weighted by Crippen LogP contribution is 2.25. The first-order valence-corrected chi connectivity index (χ1v) is 6.10. The van der Waals surface area contributed by atoms with E-state index in [1.807, 2.05) is 19.2 Å². The van der Waals surface area contributed by atoms with Gasteiger partial charge in [0.1, 0.15) is 11.5 Å². The van der Waals surface area contributed by atoms with E-state index in [1.165, 1.54) is 11.1 Å². The number of amidine groups is 1. The zero-order valence-electron chi connectivity index (χ0n) is 11.4. The van der Waals surface area contributed by atoms with Gasteiger partial charge in [0.2, 0.25) is 0 Å². The Morgan fingerprint density at radius 1 is 1.11 bits per heavy atom. The molecule has 1 heterocycles. The first-order valence-electron chi connectivity index (χ1n) is 6.10. The van der Waals surface area contributed by atoms with Gasteiger partial charge >= 0.3 is 0 Å². The molecule has 0 bridgehead atoms. The van der Waals surface area contributed by atoms with Crippen molar-refractivity contribution in [3.63, 3.8) is 0 Å². The minimum Gasteiger partial charge on any atom is -0.382 e. The van der Waals surface area contributed by atoms with Crippen LogP contribution in [0.25, 0.3) is 0 Å². The maximum atomic E-state index is 7.44. The number of nitrogen functional groups attached to an aromatic ring is 1. The van der Waals surface area contributed by atoms with Crippen molar-refractivity contribution in [2.24, 2.45) is 5.73 Å². The number of rotatable bonds is 3. The van der Waals surface area contributed by atoms with Gasteiger partial charge in [0.25, 0.3) is 0 Å². The number of hydrogen-bond donors (Lipinski definition) is 2. The Morgan fingerprint density at radius 2 is 1.74 bits per heavy atom. The fraction of sp³-hybridized carbons (Fsp3) is 0.200. The molecule has 1 aromatic carbocycles. The van der Waals surface area contributed by atoms with Crippen molar-refractivity contribution in [3.8, 4) is 0 Å². The smallest absolute Gasteiger partial charge is 0.141 e. The topological polar surface area (TPSA) is 66.0 Å². The van der Waals surface area contributed by atoms with Crippen LogP contribution in [0.3, 0.4) is 0 Å². The van der Waals surface area contributed by atoms with E-state index in [0.717, 1.165) is 11.4 Å². The third-order valence-electron chi connectivity index (χ3n) is 3.00. The second-order valence-electron chi connectivity index (χ2n) is 4.72. The Morgan fingerprint density at radius 3 is 2.32 bits per heavy atom. The summed E-state index contributed by atoms with van der Waals surface area (Å²) in [4.78, 5) is 6.14. The van der Waals surface area contributed by atoms with E-state index in [9.17, 15) is 0 Å². The molecular formula is C15H18N4. The summed E-state index contributed by atoms with van der Waals surface area (Å²) in [7, 11) is 1.99. The van der Waals surface area contributed by atoms with Crippen LogP contribution in [-0.4, -0.2) is 17.9 Å². The Labute approximate surface area is 113 Å². The van der Waals surface area contributed by atoms with Gasteiger partial charge in [-0.05, 0) is 49.2 Å². The largest absolute Gasteiger partial charge is 0.382 e. The molecule has 98 valence electrons. The fourth-order valence-corrected chi connectivity index (χ4v) is 2.07. The van der Waals surface area contributed by atoms with Crippen LogP contribution in [-0.2, 0) is 0 Å². The highest BCUT2D eigenvalue weighted by molar-refractivity contribution is 5.94. The van der Waals surface area contributed by atoms with E-state index in [0.29, 0.717) is 5.69 Å². The summed E-state index contributed by atoms with van der Waals surface area (Å²) in [5.41, 5.74) is 10.5. The first kappa shape index (κ1) is 13.1. The second-order valence-corrected chi connectivity index (χ2v) is 4.72. The van der Waals surface area contributed by atoms with Gasteiger partial charge in [-0.2, -0.15) is 0 Å². The number of nitrogens with zero attached hydrogens (tertiary/aromatic N) is 2. The van der Waals surface area contributed by atoms with Crippen LogP contribution in [0, 0.1) is 19.3 Å². The van der Waals surface area contributed by atoms with Gasteiger partial charge in [-0.15, -0.1) is 0 Å². The Balaban J connectivity index is 2.40. The molecule has 4 nitrogen and oxygen atoms in total. The van der Waals surface area contributed by atoms with Crippen LogP contribution in [0.2, 0.25) is 0 Å². The van der Waals surface area contributed by atoms with Crippen molar-refractivity contribution in [2.45, 2.75) is 13.8 Å². The number of aromatic nitrogens is 1. The summed E-state index contributed by atoms with van der Waals surface area (Å²) in [5, 5.41) is 7.44. The van der Waals surface area contributed by atoms with Gasteiger partial charge in [0, 0.05) is 24.6 Å². The minimum atomic E-state index is -0.0179. The van der Waals surface area contributed by atoms with E-state index in [4.69, 9.17) is 11.1 Å². The highest BCUT2D eigenvalue weighted by Gasteiger charge is 2.07. The lowest BCUT2D eigenvalue weighted by Crippen LogP contribution is -2.15. The molecule has 0 aliphatic carbocycles. The molecule has 1 aromatic heterocycles.